The molecule has 1 aliphatic heterocycles. The van der Waals surface area contributed by atoms with Crippen molar-refractivity contribution in [3.05, 3.63) is 64.7 Å². The number of hydrogen-bond acceptors (Lipinski definition) is 4. The quantitative estimate of drug-likeness (QED) is 0.532. The topological polar surface area (TPSA) is 46.6 Å². The molecule has 0 N–H and O–H groups in total. The number of rotatable bonds is 7. The second-order valence-electron chi connectivity index (χ2n) is 6.46. The van der Waals surface area contributed by atoms with E-state index < -0.39 is 5.97 Å². The Bertz CT molecular complexity index is 757. The molecule has 0 bridgehead atoms. The molecule has 3 rings (SSSR count). The highest BCUT2D eigenvalue weighted by atomic mass is 35.5. The Morgan fingerprint density at radius 3 is 2.54 bits per heavy atom. The van der Waals surface area contributed by atoms with Gasteiger partial charge in [-0.3, -0.25) is 0 Å². The summed E-state index contributed by atoms with van der Waals surface area (Å²) in [5, 5.41) is 0.608. The number of benzene rings is 2. The van der Waals surface area contributed by atoms with E-state index in [9.17, 15) is 9.59 Å². The summed E-state index contributed by atoms with van der Waals surface area (Å²) in [5.74, 6) is -0.647. The van der Waals surface area contributed by atoms with E-state index in [-0.39, 0.29) is 18.9 Å². The predicted octanol–water partition coefficient (Wildman–Crippen LogP) is 4.47. The summed E-state index contributed by atoms with van der Waals surface area (Å²) < 4.78 is 5.42. The van der Waals surface area contributed by atoms with Crippen LogP contribution in [0.4, 0.5) is 5.69 Å². The Morgan fingerprint density at radius 1 is 1.15 bits per heavy atom. The maximum Gasteiger partial charge on any atom is 0.338 e. The molecule has 1 saturated heterocycles. The molecule has 0 saturated carbocycles. The zero-order valence-corrected chi connectivity index (χ0v) is 15.3. The summed E-state index contributed by atoms with van der Waals surface area (Å²) in [6.07, 6.45) is 3.49. The number of aldehydes is 1. The van der Waals surface area contributed by atoms with Crippen LogP contribution in [0.5, 0.6) is 0 Å². The van der Waals surface area contributed by atoms with Crippen LogP contribution in [0.15, 0.2) is 48.5 Å². The van der Waals surface area contributed by atoms with Crippen LogP contribution in [0.25, 0.3) is 0 Å². The first kappa shape index (κ1) is 18.5. The highest BCUT2D eigenvalue weighted by molar-refractivity contribution is 6.31. The van der Waals surface area contributed by atoms with E-state index in [2.05, 4.69) is 4.90 Å². The molecule has 0 spiro atoms. The van der Waals surface area contributed by atoms with E-state index in [1.165, 1.54) is 12.8 Å². The fourth-order valence-electron chi connectivity index (χ4n) is 3.25. The van der Waals surface area contributed by atoms with Crippen molar-refractivity contribution in [1.82, 2.24) is 0 Å². The van der Waals surface area contributed by atoms with E-state index in [1.807, 2.05) is 24.3 Å². The second-order valence-corrected chi connectivity index (χ2v) is 6.87. The molecule has 26 heavy (non-hydrogen) atoms. The molecule has 1 heterocycles. The normalized spacial score (nSPS) is 14.9. The van der Waals surface area contributed by atoms with Crippen molar-refractivity contribution in [2.75, 3.05) is 24.6 Å². The fourth-order valence-corrected chi connectivity index (χ4v) is 3.58. The highest BCUT2D eigenvalue weighted by Crippen LogP contribution is 2.32. The minimum absolute atomic E-state index is 0.120. The zero-order valence-electron chi connectivity index (χ0n) is 14.6. The van der Waals surface area contributed by atoms with Gasteiger partial charge in [0.25, 0.3) is 0 Å². The van der Waals surface area contributed by atoms with Crippen LogP contribution in [0.1, 0.15) is 41.1 Å². The summed E-state index contributed by atoms with van der Waals surface area (Å²) in [7, 11) is 0. The van der Waals surface area contributed by atoms with E-state index >= 15 is 0 Å². The lowest BCUT2D eigenvalue weighted by Gasteiger charge is -2.21. The number of nitrogens with zero attached hydrogens (tertiary/aromatic N) is 1. The van der Waals surface area contributed by atoms with E-state index in [4.69, 9.17) is 16.3 Å². The van der Waals surface area contributed by atoms with Crippen molar-refractivity contribution in [3.63, 3.8) is 0 Å². The zero-order chi connectivity index (χ0) is 18.4. The second kappa shape index (κ2) is 8.86. The first-order valence-electron chi connectivity index (χ1n) is 8.89. The smallest absolute Gasteiger partial charge is 0.338 e. The first-order chi connectivity index (χ1) is 12.7. The van der Waals surface area contributed by atoms with Gasteiger partial charge in [0.1, 0.15) is 6.29 Å². The molecule has 136 valence electrons. The van der Waals surface area contributed by atoms with Gasteiger partial charge in [0, 0.05) is 36.1 Å². The molecule has 0 unspecified atom stereocenters. The Hall–Kier alpha value is -2.33. The van der Waals surface area contributed by atoms with Gasteiger partial charge in [0.2, 0.25) is 0 Å². The summed E-state index contributed by atoms with van der Waals surface area (Å²) >= 11 is 6.49. The van der Waals surface area contributed by atoms with Crippen LogP contribution in [-0.4, -0.2) is 32.0 Å². The number of carbonyl (C=O) groups excluding carboxylic acids is 2. The van der Waals surface area contributed by atoms with Crippen LogP contribution < -0.4 is 4.90 Å². The summed E-state index contributed by atoms with van der Waals surface area (Å²) in [6, 6.07) is 14.7. The third kappa shape index (κ3) is 4.44. The van der Waals surface area contributed by atoms with Crippen LogP contribution >= 0.6 is 11.6 Å². The monoisotopic (exact) mass is 371 g/mol. The summed E-state index contributed by atoms with van der Waals surface area (Å²) in [6.45, 7) is 2.21. The standard InChI is InChI=1S/C21H22ClNO3/c22-20-14-18(23-11-4-5-12-23)8-9-19(20)17(10-13-24)15-26-21(25)16-6-2-1-3-7-16/h1-3,6-9,13-14,17H,4-5,10-12,15H2/t17-/m0/s1. The lowest BCUT2D eigenvalue weighted by atomic mass is 9.96. The molecule has 2 aromatic rings. The maximum atomic E-state index is 12.1. The van der Waals surface area contributed by atoms with Gasteiger partial charge in [-0.2, -0.15) is 0 Å². The van der Waals surface area contributed by atoms with Gasteiger partial charge >= 0.3 is 5.97 Å². The van der Waals surface area contributed by atoms with Crippen molar-refractivity contribution in [2.24, 2.45) is 0 Å². The minimum Gasteiger partial charge on any atom is -0.461 e. The molecule has 5 heteroatoms. The largest absolute Gasteiger partial charge is 0.461 e. The van der Waals surface area contributed by atoms with E-state index in [1.54, 1.807) is 24.3 Å². The van der Waals surface area contributed by atoms with E-state index in [0.717, 1.165) is 30.6 Å². The lowest BCUT2D eigenvalue weighted by molar-refractivity contribution is -0.108. The number of hydrogen-bond donors (Lipinski definition) is 0. The number of ether oxygens (including phenoxy) is 1. The maximum absolute atomic E-state index is 12.1. The average molecular weight is 372 g/mol. The molecule has 2 aromatic carbocycles. The molecule has 1 atom stereocenters. The minimum atomic E-state index is -0.397. The van der Waals surface area contributed by atoms with Gasteiger partial charge in [-0.1, -0.05) is 35.9 Å². The molecular weight excluding hydrogens is 350 g/mol. The van der Waals surface area contributed by atoms with Gasteiger partial charge in [-0.05, 0) is 42.7 Å². The van der Waals surface area contributed by atoms with Crippen molar-refractivity contribution in [1.29, 1.82) is 0 Å². The predicted molar refractivity (Wildman–Crippen MR) is 103 cm³/mol. The Balaban J connectivity index is 1.70. The Labute approximate surface area is 158 Å². The number of carbonyl (C=O) groups is 2. The fraction of sp³-hybridized carbons (Fsp3) is 0.333. The van der Waals surface area contributed by atoms with Crippen LogP contribution in [-0.2, 0) is 9.53 Å². The van der Waals surface area contributed by atoms with Crippen molar-refractivity contribution in [3.8, 4) is 0 Å². The van der Waals surface area contributed by atoms with Crippen molar-refractivity contribution < 1.29 is 14.3 Å². The average Bonchev–Trinajstić information content (AvgIpc) is 3.20. The lowest BCUT2D eigenvalue weighted by Crippen LogP contribution is -2.18. The number of esters is 1. The van der Waals surface area contributed by atoms with E-state index in [0.29, 0.717) is 10.6 Å². The third-order valence-corrected chi connectivity index (χ3v) is 5.03. The molecule has 0 aliphatic carbocycles. The third-order valence-electron chi connectivity index (χ3n) is 4.70. The van der Waals surface area contributed by atoms with Gasteiger partial charge in [0.05, 0.1) is 12.2 Å². The first-order valence-corrected chi connectivity index (χ1v) is 9.27. The molecule has 1 fully saturated rings. The SMILES string of the molecule is O=CC[C@@H](COC(=O)c1ccccc1)c1ccc(N2CCCC2)cc1Cl. The van der Waals surface area contributed by atoms with Crippen LogP contribution in [0.3, 0.4) is 0 Å². The van der Waals surface area contributed by atoms with Crippen molar-refractivity contribution >= 4 is 29.5 Å². The molecule has 1 aliphatic rings. The Morgan fingerprint density at radius 2 is 1.88 bits per heavy atom. The molecule has 0 amide bonds. The van der Waals surface area contributed by atoms with Gasteiger partial charge in [0.15, 0.2) is 0 Å². The van der Waals surface area contributed by atoms with Gasteiger partial charge in [-0.15, -0.1) is 0 Å². The summed E-state index contributed by atoms with van der Waals surface area (Å²) in [4.78, 5) is 25.6. The molecular formula is C21H22ClNO3. The van der Waals surface area contributed by atoms with Crippen molar-refractivity contribution in [2.45, 2.75) is 25.2 Å². The van der Waals surface area contributed by atoms with Crippen LogP contribution in [0.2, 0.25) is 5.02 Å². The van der Waals surface area contributed by atoms with Gasteiger partial charge < -0.3 is 14.4 Å². The highest BCUT2D eigenvalue weighted by Gasteiger charge is 2.20. The number of anilines is 1. The molecule has 0 radical (unpaired) electrons. The molecule has 0 aromatic heterocycles. The van der Waals surface area contributed by atoms with Crippen LogP contribution in [0, 0.1) is 0 Å². The summed E-state index contributed by atoms with van der Waals surface area (Å²) in [5.41, 5.74) is 2.43. The molecule has 4 nitrogen and oxygen atoms in total. The Kier molecular flexibility index (Phi) is 6.29. The van der Waals surface area contributed by atoms with Gasteiger partial charge in [-0.25, -0.2) is 4.79 Å². The number of halogens is 1.